The molecule has 0 saturated heterocycles. The number of carbonyl (C=O) groups excluding carboxylic acids is 1. The van der Waals surface area contributed by atoms with Crippen molar-refractivity contribution in [2.45, 2.75) is 11.8 Å². The smallest absolute Gasteiger partial charge is 0.316 e. The van der Waals surface area contributed by atoms with Gasteiger partial charge in [0, 0.05) is 11.3 Å². The highest BCUT2D eigenvalue weighted by molar-refractivity contribution is 7.99. The van der Waals surface area contributed by atoms with Crippen LogP contribution in [0.4, 0.5) is 4.39 Å². The number of methoxy groups -OCH3 is 1. The molecule has 4 rings (SSSR count). The van der Waals surface area contributed by atoms with Gasteiger partial charge in [0.25, 0.3) is 0 Å². The summed E-state index contributed by atoms with van der Waals surface area (Å²) in [7, 11) is 1.40. The van der Waals surface area contributed by atoms with Crippen LogP contribution in [0.2, 0.25) is 0 Å². The Kier molecular flexibility index (Phi) is 6.81. The first kappa shape index (κ1) is 21.6. The van der Waals surface area contributed by atoms with E-state index in [1.54, 1.807) is 6.07 Å². The SMILES string of the molecule is COc1ccc(COC(=O)CSc2nnc(-c3ccccc3)n2-c2ccccc2)cc1F. The number of nitrogens with zero attached hydrogens (tertiary/aromatic N) is 3. The third kappa shape index (κ3) is 4.97. The third-order valence-corrected chi connectivity index (χ3v) is 5.52. The Morgan fingerprint density at radius 3 is 2.41 bits per heavy atom. The van der Waals surface area contributed by atoms with Crippen molar-refractivity contribution in [3.63, 3.8) is 0 Å². The highest BCUT2D eigenvalue weighted by Crippen LogP contribution is 2.28. The van der Waals surface area contributed by atoms with Gasteiger partial charge in [-0.3, -0.25) is 9.36 Å². The van der Waals surface area contributed by atoms with Gasteiger partial charge in [-0.15, -0.1) is 10.2 Å². The van der Waals surface area contributed by atoms with Gasteiger partial charge in [0.1, 0.15) is 6.61 Å². The van der Waals surface area contributed by atoms with Crippen molar-refractivity contribution in [3.8, 4) is 22.8 Å². The molecule has 0 amide bonds. The van der Waals surface area contributed by atoms with Gasteiger partial charge in [-0.25, -0.2) is 4.39 Å². The van der Waals surface area contributed by atoms with E-state index in [1.165, 1.54) is 31.0 Å². The highest BCUT2D eigenvalue weighted by Gasteiger charge is 2.17. The summed E-state index contributed by atoms with van der Waals surface area (Å²) in [5.74, 6) is -0.0697. The molecule has 0 N–H and O–H groups in total. The summed E-state index contributed by atoms with van der Waals surface area (Å²) in [5, 5.41) is 9.21. The van der Waals surface area contributed by atoms with E-state index in [0.717, 1.165) is 11.3 Å². The van der Waals surface area contributed by atoms with Gasteiger partial charge in [-0.1, -0.05) is 66.4 Å². The summed E-state index contributed by atoms with van der Waals surface area (Å²) in [6.45, 7) is -0.0268. The fraction of sp³-hybridized carbons (Fsp3) is 0.125. The van der Waals surface area contributed by atoms with Crippen LogP contribution >= 0.6 is 11.8 Å². The van der Waals surface area contributed by atoms with E-state index in [0.29, 0.717) is 16.5 Å². The maximum Gasteiger partial charge on any atom is 0.316 e. The first-order valence-corrected chi connectivity index (χ1v) is 10.8. The summed E-state index contributed by atoms with van der Waals surface area (Å²) in [6, 6.07) is 23.9. The Morgan fingerprint density at radius 2 is 1.72 bits per heavy atom. The Balaban J connectivity index is 1.47. The van der Waals surface area contributed by atoms with Crippen molar-refractivity contribution >= 4 is 17.7 Å². The lowest BCUT2D eigenvalue weighted by Crippen LogP contribution is -2.09. The second-order valence-corrected chi connectivity index (χ2v) is 7.70. The van der Waals surface area contributed by atoms with Crippen LogP contribution in [0.15, 0.2) is 84.0 Å². The first-order valence-electron chi connectivity index (χ1n) is 9.83. The van der Waals surface area contributed by atoms with Crippen LogP contribution in [-0.2, 0) is 16.1 Å². The summed E-state index contributed by atoms with van der Waals surface area (Å²) in [4.78, 5) is 12.3. The molecule has 32 heavy (non-hydrogen) atoms. The maximum atomic E-state index is 13.8. The molecule has 0 radical (unpaired) electrons. The van der Waals surface area contributed by atoms with Crippen LogP contribution in [0.25, 0.3) is 17.1 Å². The van der Waals surface area contributed by atoms with Gasteiger partial charge in [-0.05, 0) is 29.8 Å². The number of hydrogen-bond donors (Lipinski definition) is 0. The van der Waals surface area contributed by atoms with Gasteiger partial charge in [0.05, 0.1) is 12.9 Å². The molecule has 4 aromatic rings. The minimum Gasteiger partial charge on any atom is -0.494 e. The van der Waals surface area contributed by atoms with Crippen molar-refractivity contribution in [2.24, 2.45) is 0 Å². The average molecular weight is 450 g/mol. The van der Waals surface area contributed by atoms with E-state index in [-0.39, 0.29) is 18.1 Å². The molecule has 0 fully saturated rings. The summed E-state index contributed by atoms with van der Waals surface area (Å²) in [6.07, 6.45) is 0. The molecule has 162 valence electrons. The summed E-state index contributed by atoms with van der Waals surface area (Å²) < 4.78 is 25.9. The molecule has 0 unspecified atom stereocenters. The second kappa shape index (κ2) is 10.1. The van der Waals surface area contributed by atoms with E-state index in [2.05, 4.69) is 10.2 Å². The van der Waals surface area contributed by atoms with Crippen LogP contribution in [0, 0.1) is 5.82 Å². The topological polar surface area (TPSA) is 66.2 Å². The Morgan fingerprint density at radius 1 is 1.00 bits per heavy atom. The van der Waals surface area contributed by atoms with Gasteiger partial charge >= 0.3 is 5.97 Å². The number of aromatic nitrogens is 3. The normalized spacial score (nSPS) is 10.7. The van der Waals surface area contributed by atoms with Gasteiger partial charge in [0.2, 0.25) is 0 Å². The van der Waals surface area contributed by atoms with E-state index in [9.17, 15) is 9.18 Å². The molecular formula is C24H20FN3O3S. The molecule has 1 heterocycles. The molecule has 0 bridgehead atoms. The quantitative estimate of drug-likeness (QED) is 0.281. The lowest BCUT2D eigenvalue weighted by Gasteiger charge is -2.10. The molecule has 1 aromatic heterocycles. The number of para-hydroxylation sites is 1. The van der Waals surface area contributed by atoms with Crippen molar-refractivity contribution < 1.29 is 18.7 Å². The lowest BCUT2D eigenvalue weighted by molar-refractivity contribution is -0.141. The lowest BCUT2D eigenvalue weighted by atomic mass is 10.2. The third-order valence-electron chi connectivity index (χ3n) is 4.61. The first-order chi connectivity index (χ1) is 15.7. The number of carbonyl (C=O) groups is 1. The molecule has 0 atom stereocenters. The van der Waals surface area contributed by atoms with Crippen molar-refractivity contribution in [1.29, 1.82) is 0 Å². The number of rotatable bonds is 8. The van der Waals surface area contributed by atoms with Crippen LogP contribution in [0.3, 0.4) is 0 Å². The monoisotopic (exact) mass is 449 g/mol. The molecule has 0 spiro atoms. The van der Waals surface area contributed by atoms with E-state index in [1.807, 2.05) is 65.2 Å². The van der Waals surface area contributed by atoms with E-state index >= 15 is 0 Å². The Bertz CT molecular complexity index is 1200. The minimum absolute atomic E-state index is 0.0268. The molecule has 0 aliphatic heterocycles. The fourth-order valence-corrected chi connectivity index (χ4v) is 3.83. The van der Waals surface area contributed by atoms with Gasteiger partial charge in [0.15, 0.2) is 22.5 Å². The molecule has 8 heteroatoms. The predicted molar refractivity (Wildman–Crippen MR) is 120 cm³/mol. The predicted octanol–water partition coefficient (Wildman–Crippen LogP) is 4.92. The number of halogens is 1. The molecule has 0 aliphatic rings. The Hall–Kier alpha value is -3.65. The largest absolute Gasteiger partial charge is 0.494 e. The molecule has 0 saturated carbocycles. The van der Waals surface area contributed by atoms with E-state index in [4.69, 9.17) is 9.47 Å². The van der Waals surface area contributed by atoms with Gasteiger partial charge < -0.3 is 9.47 Å². The maximum absolute atomic E-state index is 13.8. The summed E-state index contributed by atoms with van der Waals surface area (Å²) >= 11 is 1.23. The standard InChI is InChI=1S/C24H20FN3O3S/c1-30-21-13-12-17(14-20(21)25)15-31-22(29)16-32-24-27-26-23(18-8-4-2-5-9-18)28(24)19-10-6-3-7-11-19/h2-14H,15-16H2,1H3. The summed E-state index contributed by atoms with van der Waals surface area (Å²) in [5.41, 5.74) is 2.35. The highest BCUT2D eigenvalue weighted by atomic mass is 32.2. The fourth-order valence-electron chi connectivity index (χ4n) is 3.08. The molecule has 6 nitrogen and oxygen atoms in total. The number of esters is 1. The zero-order valence-corrected chi connectivity index (χ0v) is 18.1. The molecule has 0 aliphatic carbocycles. The van der Waals surface area contributed by atoms with Crippen molar-refractivity contribution in [2.75, 3.05) is 12.9 Å². The number of benzene rings is 3. The van der Waals surface area contributed by atoms with Crippen molar-refractivity contribution in [3.05, 3.63) is 90.2 Å². The minimum atomic E-state index is -0.500. The number of thioether (sulfide) groups is 1. The van der Waals surface area contributed by atoms with Gasteiger partial charge in [-0.2, -0.15) is 0 Å². The van der Waals surface area contributed by atoms with Crippen LogP contribution in [0.5, 0.6) is 5.75 Å². The van der Waals surface area contributed by atoms with Crippen LogP contribution in [-0.4, -0.2) is 33.6 Å². The van der Waals surface area contributed by atoms with E-state index < -0.39 is 11.8 Å². The van der Waals surface area contributed by atoms with Crippen LogP contribution < -0.4 is 4.74 Å². The average Bonchev–Trinajstić information content (AvgIpc) is 3.26. The molecule has 3 aromatic carbocycles. The zero-order chi connectivity index (χ0) is 22.3. The Labute approximate surface area is 189 Å². The van der Waals surface area contributed by atoms with Crippen molar-refractivity contribution in [1.82, 2.24) is 14.8 Å². The number of hydrogen-bond acceptors (Lipinski definition) is 6. The zero-order valence-electron chi connectivity index (χ0n) is 17.3. The van der Waals surface area contributed by atoms with Crippen LogP contribution in [0.1, 0.15) is 5.56 Å². The number of ether oxygens (including phenoxy) is 2. The molecular weight excluding hydrogens is 429 g/mol. The second-order valence-electron chi connectivity index (χ2n) is 6.76.